The summed E-state index contributed by atoms with van der Waals surface area (Å²) in [5.41, 5.74) is 24.5. The van der Waals surface area contributed by atoms with Crippen molar-refractivity contribution in [2.45, 2.75) is 10.8 Å². The predicted octanol–water partition coefficient (Wildman–Crippen LogP) is 16.4. The van der Waals surface area contributed by atoms with Gasteiger partial charge in [0.05, 0.1) is 33.2 Å². The number of hydrogen-bond acceptors (Lipinski definition) is 1. The zero-order valence-electron chi connectivity index (χ0n) is 37.0. The molecule has 0 N–H and O–H groups in total. The largest absolute Gasteiger partial charge is 0.310 e. The van der Waals surface area contributed by atoms with Gasteiger partial charge in [0.1, 0.15) is 0 Å². The van der Waals surface area contributed by atoms with E-state index in [1.165, 1.54) is 116 Å². The smallest absolute Gasteiger partial charge is 0.0755 e. The Hall–Kier alpha value is -8.72. The summed E-state index contributed by atoms with van der Waals surface area (Å²) in [6.07, 6.45) is 0. The summed E-state index contributed by atoms with van der Waals surface area (Å²) < 4.78 is 2.53. The van der Waals surface area contributed by atoms with Crippen LogP contribution in [0.25, 0.3) is 71.6 Å². The average molecular weight is 861 g/mol. The molecular formula is C66H40N2. The second-order valence-corrected chi connectivity index (χ2v) is 19.0. The SMILES string of the molecule is c1ccc(N(c2ccc3c(c2)C2(c4ccccc4-3)c3ccccc3-n3c4ccccc4c4cccc2c43)c2cc3c(c4ccccc24)-c2ccccc2C32c3ccccc3-c3ccccc32)cc1. The van der Waals surface area contributed by atoms with Crippen molar-refractivity contribution >= 4 is 49.6 Å². The van der Waals surface area contributed by atoms with Gasteiger partial charge in [-0.1, -0.05) is 200 Å². The number of nitrogens with zero attached hydrogens (tertiary/aromatic N) is 2. The molecule has 1 aliphatic heterocycles. The maximum absolute atomic E-state index is 2.57. The predicted molar refractivity (Wildman–Crippen MR) is 280 cm³/mol. The third-order valence-corrected chi connectivity index (χ3v) is 16.2. The van der Waals surface area contributed by atoms with E-state index in [-0.39, 0.29) is 0 Å². The highest BCUT2D eigenvalue weighted by molar-refractivity contribution is 6.14. The fraction of sp³-hybridized carbons (Fsp3) is 0.0303. The molecule has 0 bridgehead atoms. The highest BCUT2D eigenvalue weighted by Gasteiger charge is 2.53. The summed E-state index contributed by atoms with van der Waals surface area (Å²) in [5.74, 6) is 0. The van der Waals surface area contributed by atoms with Gasteiger partial charge in [0.25, 0.3) is 0 Å². The van der Waals surface area contributed by atoms with Gasteiger partial charge in [-0.2, -0.15) is 0 Å². The molecule has 0 saturated carbocycles. The summed E-state index contributed by atoms with van der Waals surface area (Å²) in [4.78, 5) is 2.55. The van der Waals surface area contributed by atoms with Gasteiger partial charge >= 0.3 is 0 Å². The van der Waals surface area contributed by atoms with Crippen molar-refractivity contribution in [3.8, 4) is 39.1 Å². The average Bonchev–Trinajstić information content (AvgIpc) is 4.10. The third kappa shape index (κ3) is 4.22. The fourth-order valence-corrected chi connectivity index (χ4v) is 13.8. The molecule has 2 heterocycles. The molecule has 16 rings (SSSR count). The van der Waals surface area contributed by atoms with E-state index in [4.69, 9.17) is 0 Å². The standard InChI is InChI=1S/C66H40N2/c1-2-19-41(20-3-1)67(62-40-59-63(49-26-5-4-24-47(49)62)51-27-9-14-32-55(51)65(59)52-29-11-6-21-43(52)44-22-7-12-30-53(44)65)42-37-38-46-45-23-8-13-31-54(45)66(58(46)39-42)56-33-15-17-36-61(56)68-60-35-16-10-25-48(60)50-28-18-34-57(66)64(50)68/h1-40H. The van der Waals surface area contributed by atoms with Crippen LogP contribution < -0.4 is 4.90 Å². The van der Waals surface area contributed by atoms with Crippen molar-refractivity contribution in [1.82, 2.24) is 4.57 Å². The van der Waals surface area contributed by atoms with Crippen LogP contribution in [0.3, 0.4) is 0 Å². The molecule has 11 aromatic carbocycles. The lowest BCUT2D eigenvalue weighted by Crippen LogP contribution is -2.33. The number of para-hydroxylation sites is 4. The van der Waals surface area contributed by atoms with Crippen LogP contribution in [0.5, 0.6) is 0 Å². The maximum atomic E-state index is 2.57. The Bertz CT molecular complexity index is 4130. The first kappa shape index (κ1) is 36.5. The summed E-state index contributed by atoms with van der Waals surface area (Å²) in [7, 11) is 0. The molecule has 12 aromatic rings. The highest BCUT2D eigenvalue weighted by atomic mass is 15.1. The number of aromatic nitrogens is 1. The van der Waals surface area contributed by atoms with Gasteiger partial charge in [0, 0.05) is 27.5 Å². The first-order valence-corrected chi connectivity index (χ1v) is 23.9. The van der Waals surface area contributed by atoms with Gasteiger partial charge in [-0.05, 0) is 126 Å². The summed E-state index contributed by atoms with van der Waals surface area (Å²) in [6.45, 7) is 0. The Morgan fingerprint density at radius 2 is 0.794 bits per heavy atom. The van der Waals surface area contributed by atoms with Crippen LogP contribution in [0, 0.1) is 0 Å². The van der Waals surface area contributed by atoms with Crippen LogP contribution in [0.15, 0.2) is 243 Å². The van der Waals surface area contributed by atoms with E-state index in [9.17, 15) is 0 Å². The van der Waals surface area contributed by atoms with Crippen molar-refractivity contribution in [2.24, 2.45) is 0 Å². The lowest BCUT2D eigenvalue weighted by atomic mass is 9.65. The van der Waals surface area contributed by atoms with Crippen molar-refractivity contribution in [2.75, 3.05) is 4.90 Å². The molecule has 3 aliphatic carbocycles. The molecule has 2 spiro atoms. The normalized spacial score (nSPS) is 15.8. The molecule has 0 saturated heterocycles. The van der Waals surface area contributed by atoms with Gasteiger partial charge in [0.15, 0.2) is 0 Å². The van der Waals surface area contributed by atoms with Crippen LogP contribution in [-0.4, -0.2) is 4.57 Å². The van der Waals surface area contributed by atoms with E-state index in [1.807, 2.05) is 0 Å². The minimum Gasteiger partial charge on any atom is -0.310 e. The molecule has 1 atom stereocenters. The second kappa shape index (κ2) is 13.0. The minimum absolute atomic E-state index is 0.493. The molecule has 0 amide bonds. The molecule has 4 aliphatic rings. The Morgan fingerprint density at radius 1 is 0.294 bits per heavy atom. The molecule has 2 heteroatoms. The number of anilines is 3. The number of rotatable bonds is 3. The van der Waals surface area contributed by atoms with Gasteiger partial charge in [-0.25, -0.2) is 0 Å². The maximum Gasteiger partial charge on any atom is 0.0755 e. The second-order valence-electron chi connectivity index (χ2n) is 19.0. The molecule has 1 aromatic heterocycles. The lowest BCUT2D eigenvalue weighted by Gasteiger charge is -2.40. The van der Waals surface area contributed by atoms with E-state index in [0.717, 1.165) is 17.1 Å². The number of hydrogen-bond donors (Lipinski definition) is 0. The zero-order valence-corrected chi connectivity index (χ0v) is 37.0. The number of benzene rings is 11. The topological polar surface area (TPSA) is 8.17 Å². The van der Waals surface area contributed by atoms with Crippen molar-refractivity contribution in [3.63, 3.8) is 0 Å². The summed E-state index contributed by atoms with van der Waals surface area (Å²) >= 11 is 0. The van der Waals surface area contributed by atoms with Gasteiger partial charge in [-0.15, -0.1) is 0 Å². The van der Waals surface area contributed by atoms with Gasteiger partial charge in [-0.3, -0.25) is 0 Å². The first-order valence-electron chi connectivity index (χ1n) is 23.9. The fourth-order valence-electron chi connectivity index (χ4n) is 13.8. The molecular weight excluding hydrogens is 821 g/mol. The van der Waals surface area contributed by atoms with Crippen LogP contribution in [0.1, 0.15) is 44.5 Å². The van der Waals surface area contributed by atoms with Gasteiger partial charge < -0.3 is 9.47 Å². The zero-order chi connectivity index (χ0) is 44.3. The van der Waals surface area contributed by atoms with Crippen LogP contribution >= 0.6 is 0 Å². The van der Waals surface area contributed by atoms with Crippen molar-refractivity contribution < 1.29 is 0 Å². The number of fused-ring (bicyclic) bond motifs is 24. The van der Waals surface area contributed by atoms with Gasteiger partial charge in [0.2, 0.25) is 0 Å². The quantitative estimate of drug-likeness (QED) is 0.172. The van der Waals surface area contributed by atoms with Crippen LogP contribution in [0.2, 0.25) is 0 Å². The van der Waals surface area contributed by atoms with Crippen molar-refractivity contribution in [1.29, 1.82) is 0 Å². The molecule has 0 radical (unpaired) electrons. The first-order chi connectivity index (χ1) is 33.8. The van der Waals surface area contributed by atoms with E-state index in [2.05, 4.69) is 252 Å². The monoisotopic (exact) mass is 860 g/mol. The Balaban J connectivity index is 1.02. The Labute approximate surface area is 394 Å². The van der Waals surface area contributed by atoms with Crippen molar-refractivity contribution in [3.05, 3.63) is 287 Å². The van der Waals surface area contributed by atoms with Crippen LogP contribution in [-0.2, 0) is 10.8 Å². The summed E-state index contributed by atoms with van der Waals surface area (Å²) in [5, 5.41) is 5.05. The van der Waals surface area contributed by atoms with E-state index in [1.54, 1.807) is 0 Å². The van der Waals surface area contributed by atoms with E-state index < -0.39 is 10.8 Å². The Morgan fingerprint density at radius 3 is 1.50 bits per heavy atom. The van der Waals surface area contributed by atoms with E-state index >= 15 is 0 Å². The molecule has 0 fully saturated rings. The molecule has 2 nitrogen and oxygen atoms in total. The minimum atomic E-state index is -0.576. The van der Waals surface area contributed by atoms with Crippen LogP contribution in [0.4, 0.5) is 17.1 Å². The third-order valence-electron chi connectivity index (χ3n) is 16.2. The Kier molecular flexibility index (Phi) is 6.98. The van der Waals surface area contributed by atoms with E-state index in [0.29, 0.717) is 0 Å². The molecule has 68 heavy (non-hydrogen) atoms. The molecule has 1 unspecified atom stereocenters. The summed E-state index contributed by atoms with van der Waals surface area (Å²) in [6, 6.07) is 91.8. The molecule has 314 valence electrons. The lowest BCUT2D eigenvalue weighted by molar-refractivity contribution is 0.748. The highest BCUT2D eigenvalue weighted by Crippen LogP contribution is 2.66.